The highest BCUT2D eigenvalue weighted by Gasteiger charge is 2.56. The smallest absolute Gasteiger partial charge is 0.234 e. The van der Waals surface area contributed by atoms with Crippen molar-refractivity contribution in [3.63, 3.8) is 0 Å². The number of nitrogens with zero attached hydrogens (tertiary/aromatic N) is 1. The van der Waals surface area contributed by atoms with E-state index >= 15 is 0 Å². The number of aromatic hydroxyl groups is 1. The van der Waals surface area contributed by atoms with Gasteiger partial charge in [-0.25, -0.2) is 0 Å². The van der Waals surface area contributed by atoms with Crippen LogP contribution in [-0.2, 0) is 20.9 Å². The van der Waals surface area contributed by atoms with Crippen LogP contribution in [0.2, 0.25) is 0 Å². The molecule has 0 unspecified atom stereocenters. The molecule has 4 atom stereocenters. The molecular weight excluding hydrogens is 574 g/mol. The zero-order valence-electron chi connectivity index (χ0n) is 21.7. The molecule has 2 fully saturated rings. The zero-order chi connectivity index (χ0) is 27.1. The van der Waals surface area contributed by atoms with Crippen LogP contribution in [0, 0.1) is 17.8 Å². The lowest BCUT2D eigenvalue weighted by Crippen LogP contribution is -2.34. The SMILES string of the molecule is CC1=C2[C@@H](CC/C(=C/c3cc(Br)ccc3O)c3ccccc3)OC[C@@H]2[C@@H]2C(=O)N(Cc3cccs3)C(=O)[C@@H]2C1. The van der Waals surface area contributed by atoms with Gasteiger partial charge in [0.2, 0.25) is 11.8 Å². The van der Waals surface area contributed by atoms with Crippen molar-refractivity contribution in [2.75, 3.05) is 6.61 Å². The quantitative estimate of drug-likeness (QED) is 0.178. The number of amides is 2. The zero-order valence-corrected chi connectivity index (χ0v) is 24.1. The van der Waals surface area contributed by atoms with Crippen LogP contribution in [0.3, 0.4) is 0 Å². The van der Waals surface area contributed by atoms with Crippen molar-refractivity contribution in [1.29, 1.82) is 0 Å². The number of hydrogen-bond acceptors (Lipinski definition) is 5. The van der Waals surface area contributed by atoms with Crippen molar-refractivity contribution in [1.82, 2.24) is 4.90 Å². The first-order valence-corrected chi connectivity index (χ1v) is 15.0. The van der Waals surface area contributed by atoms with Crippen molar-refractivity contribution < 1.29 is 19.4 Å². The maximum atomic E-state index is 13.5. The Balaban J connectivity index is 1.23. The summed E-state index contributed by atoms with van der Waals surface area (Å²) in [5, 5.41) is 12.4. The van der Waals surface area contributed by atoms with E-state index in [2.05, 4.69) is 35.0 Å². The van der Waals surface area contributed by atoms with Gasteiger partial charge in [0.15, 0.2) is 0 Å². The van der Waals surface area contributed by atoms with Gasteiger partial charge in [0, 0.05) is 20.8 Å². The lowest BCUT2D eigenvalue weighted by atomic mass is 9.70. The maximum Gasteiger partial charge on any atom is 0.234 e. The van der Waals surface area contributed by atoms with E-state index in [1.165, 1.54) is 16.0 Å². The van der Waals surface area contributed by atoms with Gasteiger partial charge in [0.25, 0.3) is 0 Å². The second-order valence-corrected chi connectivity index (χ2v) is 12.6. The minimum absolute atomic E-state index is 0.0385. The fourth-order valence-corrected chi connectivity index (χ4v) is 7.55. The van der Waals surface area contributed by atoms with Crippen LogP contribution in [0.4, 0.5) is 0 Å². The van der Waals surface area contributed by atoms with Crippen molar-refractivity contribution in [2.24, 2.45) is 17.8 Å². The fourth-order valence-electron chi connectivity index (χ4n) is 6.48. The average molecular weight is 605 g/mol. The van der Waals surface area contributed by atoms with E-state index in [9.17, 15) is 14.7 Å². The molecule has 0 saturated carbocycles. The van der Waals surface area contributed by atoms with E-state index in [0.29, 0.717) is 19.6 Å². The van der Waals surface area contributed by atoms with Gasteiger partial charge in [-0.05, 0) is 78.6 Å². The monoisotopic (exact) mass is 603 g/mol. The molecule has 2 amide bonds. The van der Waals surface area contributed by atoms with Crippen molar-refractivity contribution in [3.05, 3.63) is 97.7 Å². The minimum Gasteiger partial charge on any atom is -0.507 e. The Morgan fingerprint density at radius 2 is 1.92 bits per heavy atom. The summed E-state index contributed by atoms with van der Waals surface area (Å²) in [7, 11) is 0. The van der Waals surface area contributed by atoms with E-state index in [1.54, 1.807) is 17.4 Å². The second kappa shape index (κ2) is 10.9. The molecule has 2 saturated heterocycles. The molecule has 39 heavy (non-hydrogen) atoms. The van der Waals surface area contributed by atoms with E-state index in [1.807, 2.05) is 53.9 Å². The molecule has 200 valence electrons. The van der Waals surface area contributed by atoms with Crippen LogP contribution in [0.5, 0.6) is 5.75 Å². The van der Waals surface area contributed by atoms with Gasteiger partial charge in [-0.2, -0.15) is 0 Å². The Morgan fingerprint density at radius 3 is 2.69 bits per heavy atom. The minimum atomic E-state index is -0.330. The summed E-state index contributed by atoms with van der Waals surface area (Å²) in [6.45, 7) is 2.94. The lowest BCUT2D eigenvalue weighted by molar-refractivity contribution is -0.140. The Labute approximate surface area is 240 Å². The molecule has 5 nitrogen and oxygen atoms in total. The molecule has 0 radical (unpaired) electrons. The number of imide groups is 1. The summed E-state index contributed by atoms with van der Waals surface area (Å²) < 4.78 is 7.27. The first-order valence-electron chi connectivity index (χ1n) is 13.3. The number of carbonyl (C=O) groups excluding carboxylic acids is 2. The molecule has 2 aromatic carbocycles. The van der Waals surface area contributed by atoms with Gasteiger partial charge in [-0.15, -0.1) is 11.3 Å². The number of hydrogen-bond donors (Lipinski definition) is 1. The van der Waals surface area contributed by atoms with Gasteiger partial charge in [-0.3, -0.25) is 14.5 Å². The average Bonchev–Trinajstić information content (AvgIpc) is 3.66. The summed E-state index contributed by atoms with van der Waals surface area (Å²) in [4.78, 5) is 29.3. The number of phenolic OH excluding ortho intramolecular Hbond substituents is 1. The number of carbonyl (C=O) groups is 2. The van der Waals surface area contributed by atoms with Gasteiger partial charge < -0.3 is 9.84 Å². The Kier molecular flexibility index (Phi) is 7.31. The van der Waals surface area contributed by atoms with Crippen LogP contribution in [0.25, 0.3) is 11.6 Å². The molecular formula is C32H30BrNO4S. The second-order valence-electron chi connectivity index (χ2n) is 10.6. The molecule has 1 aliphatic carbocycles. The van der Waals surface area contributed by atoms with Crippen LogP contribution in [0.15, 0.2) is 81.7 Å². The summed E-state index contributed by atoms with van der Waals surface area (Å²) >= 11 is 5.08. The third-order valence-corrected chi connectivity index (χ3v) is 9.63. The Morgan fingerprint density at radius 1 is 1.10 bits per heavy atom. The van der Waals surface area contributed by atoms with Crippen LogP contribution >= 0.6 is 27.3 Å². The number of benzene rings is 2. The predicted octanol–water partition coefficient (Wildman–Crippen LogP) is 7.07. The number of thiophene rings is 1. The number of allylic oxidation sites excluding steroid dienone is 2. The topological polar surface area (TPSA) is 66.8 Å². The Hall–Kier alpha value is -3.00. The van der Waals surface area contributed by atoms with Gasteiger partial charge in [0.05, 0.1) is 31.1 Å². The first kappa shape index (κ1) is 26.2. The number of rotatable bonds is 7. The number of fused-ring (bicyclic) bond motifs is 3. The number of halogens is 1. The maximum absolute atomic E-state index is 13.5. The number of phenols is 1. The van der Waals surface area contributed by atoms with E-state index in [0.717, 1.165) is 38.9 Å². The normalized spacial score (nSPS) is 24.9. The molecule has 0 bridgehead atoms. The fraction of sp³-hybridized carbons (Fsp3) is 0.312. The van der Waals surface area contributed by atoms with Crippen LogP contribution in [0.1, 0.15) is 42.2 Å². The van der Waals surface area contributed by atoms with E-state index in [4.69, 9.17) is 4.74 Å². The third-order valence-electron chi connectivity index (χ3n) is 8.28. The number of likely N-dealkylation sites (tertiary alicyclic amines) is 1. The summed E-state index contributed by atoms with van der Waals surface area (Å²) in [5.41, 5.74) is 5.37. The first-order chi connectivity index (χ1) is 18.9. The van der Waals surface area contributed by atoms with Crippen LogP contribution < -0.4 is 0 Å². The largest absolute Gasteiger partial charge is 0.507 e. The molecule has 3 aromatic rings. The molecule has 0 spiro atoms. The van der Waals surface area contributed by atoms with E-state index < -0.39 is 0 Å². The van der Waals surface area contributed by atoms with Crippen molar-refractivity contribution in [2.45, 2.75) is 38.8 Å². The lowest BCUT2D eigenvalue weighted by Gasteiger charge is -2.30. The molecule has 7 heteroatoms. The third kappa shape index (κ3) is 5.04. The standard InChI is InChI=1S/C32H30BrNO4S/c1-19-14-25-30(32(37)34(31(25)36)17-24-8-5-13-39-24)26-18-38-28(29(19)26)12-9-21(20-6-3-2-4-7-20)15-22-16-23(33)10-11-27(22)35/h2-8,10-11,13,15-16,25-26,28,30,35H,9,12,14,17-18H2,1H3/b21-15-/t25-,26+,28-,30-/m1/s1. The van der Waals surface area contributed by atoms with Gasteiger partial charge in [0.1, 0.15) is 5.75 Å². The predicted molar refractivity (Wildman–Crippen MR) is 157 cm³/mol. The highest BCUT2D eigenvalue weighted by Crippen LogP contribution is 2.50. The molecule has 6 rings (SSSR count). The molecule has 3 aliphatic rings. The van der Waals surface area contributed by atoms with Crippen molar-refractivity contribution >= 4 is 50.7 Å². The van der Waals surface area contributed by atoms with E-state index in [-0.39, 0.29) is 41.4 Å². The Bertz CT molecular complexity index is 1460. The summed E-state index contributed by atoms with van der Waals surface area (Å²) in [5.74, 6) is -0.512. The van der Waals surface area contributed by atoms with Crippen molar-refractivity contribution in [3.8, 4) is 5.75 Å². The highest BCUT2D eigenvalue weighted by molar-refractivity contribution is 9.10. The molecule has 2 aliphatic heterocycles. The molecule has 1 N–H and O–H groups in total. The van der Waals surface area contributed by atoms with Gasteiger partial charge >= 0.3 is 0 Å². The number of ether oxygens (including phenoxy) is 1. The summed E-state index contributed by atoms with van der Waals surface area (Å²) in [6, 6.07) is 19.6. The van der Waals surface area contributed by atoms with Gasteiger partial charge in [-0.1, -0.05) is 57.9 Å². The summed E-state index contributed by atoms with van der Waals surface area (Å²) in [6.07, 6.45) is 4.08. The highest BCUT2D eigenvalue weighted by atomic mass is 79.9. The molecule has 1 aromatic heterocycles. The van der Waals surface area contributed by atoms with Crippen LogP contribution in [-0.4, -0.2) is 34.5 Å². The molecule has 3 heterocycles.